The van der Waals surface area contributed by atoms with Gasteiger partial charge in [0.1, 0.15) is 5.75 Å². The van der Waals surface area contributed by atoms with Crippen LogP contribution in [0.25, 0.3) is 0 Å². The van der Waals surface area contributed by atoms with Crippen LogP contribution in [0.3, 0.4) is 0 Å². The van der Waals surface area contributed by atoms with Crippen molar-refractivity contribution in [1.29, 1.82) is 0 Å². The number of benzene rings is 1. The summed E-state index contributed by atoms with van der Waals surface area (Å²) in [5.74, 6) is 0.436. The molecule has 16 heavy (non-hydrogen) atoms. The molecular weight excluding hydrogens is 274 g/mol. The smallest absolute Gasteiger partial charge is 0.339 e. The first-order chi connectivity index (χ1) is 7.67. The Bertz CT molecular complexity index is 340. The van der Waals surface area contributed by atoms with Crippen molar-refractivity contribution in [2.24, 2.45) is 0 Å². The monoisotopic (exact) mass is 287 g/mol. The molecule has 0 aliphatic carbocycles. The Balaban J connectivity index is 2.55. The molecule has 0 aliphatic rings. The van der Waals surface area contributed by atoms with Crippen molar-refractivity contribution in [3.05, 3.63) is 24.3 Å². The highest BCUT2D eigenvalue weighted by Gasteiger charge is 2.14. The van der Waals surface area contributed by atoms with Crippen molar-refractivity contribution in [3.8, 4) is 5.75 Å². The van der Waals surface area contributed by atoms with E-state index < -0.39 is 4.95 Å². The number of hydrogen-bond donors (Lipinski definition) is 1. The maximum Gasteiger partial charge on any atom is 0.339 e. The summed E-state index contributed by atoms with van der Waals surface area (Å²) in [7, 11) is 1.61. The van der Waals surface area contributed by atoms with E-state index in [-0.39, 0.29) is 5.97 Å². The summed E-state index contributed by atoms with van der Waals surface area (Å²) in [6.07, 6.45) is 0. The van der Waals surface area contributed by atoms with E-state index in [9.17, 15) is 4.79 Å². The Morgan fingerprint density at radius 2 is 2.06 bits per heavy atom. The molecule has 0 saturated heterocycles. The molecule has 1 N–H and O–H groups in total. The molecule has 1 unspecified atom stereocenters. The Morgan fingerprint density at radius 1 is 1.44 bits per heavy atom. The Kier molecular flexibility index (Phi) is 5.11. The molecule has 1 aromatic carbocycles. The number of ether oxygens (including phenoxy) is 2. The first-order valence-electron chi connectivity index (χ1n) is 4.88. The van der Waals surface area contributed by atoms with Gasteiger partial charge >= 0.3 is 5.97 Å². The number of carbonyl (C=O) groups is 1. The largest absolute Gasteiger partial charge is 0.497 e. The van der Waals surface area contributed by atoms with Crippen LogP contribution < -0.4 is 10.1 Å². The van der Waals surface area contributed by atoms with Gasteiger partial charge in [-0.2, -0.15) is 0 Å². The van der Waals surface area contributed by atoms with Crippen molar-refractivity contribution in [2.45, 2.75) is 11.9 Å². The van der Waals surface area contributed by atoms with E-state index in [0.717, 1.165) is 11.4 Å². The first kappa shape index (κ1) is 12.8. The zero-order valence-corrected chi connectivity index (χ0v) is 10.8. The molecule has 0 aromatic heterocycles. The van der Waals surface area contributed by atoms with Gasteiger partial charge in [-0.15, -0.1) is 0 Å². The standard InChI is InChI=1S/C11H14BrNO3/c1-3-16-11(14)10(12)13-8-4-6-9(15-2)7-5-8/h4-7,10,13H,3H2,1-2H3. The Hall–Kier alpha value is -1.23. The highest BCUT2D eigenvalue weighted by Crippen LogP contribution is 2.17. The fourth-order valence-corrected chi connectivity index (χ4v) is 1.50. The molecule has 1 atom stereocenters. The van der Waals surface area contributed by atoms with E-state index in [1.54, 1.807) is 14.0 Å². The van der Waals surface area contributed by atoms with E-state index >= 15 is 0 Å². The fraction of sp³-hybridized carbons (Fsp3) is 0.364. The summed E-state index contributed by atoms with van der Waals surface area (Å²) >= 11 is 3.20. The summed E-state index contributed by atoms with van der Waals surface area (Å²) < 4.78 is 9.88. The average molecular weight is 288 g/mol. The summed E-state index contributed by atoms with van der Waals surface area (Å²) in [6, 6.07) is 7.28. The van der Waals surface area contributed by atoms with Crippen molar-refractivity contribution < 1.29 is 14.3 Å². The minimum atomic E-state index is -0.541. The Morgan fingerprint density at radius 3 is 2.56 bits per heavy atom. The van der Waals surface area contributed by atoms with E-state index in [4.69, 9.17) is 9.47 Å². The number of rotatable bonds is 5. The zero-order chi connectivity index (χ0) is 12.0. The fourth-order valence-electron chi connectivity index (χ4n) is 1.11. The molecule has 5 heteroatoms. The normalized spacial score (nSPS) is 11.7. The number of esters is 1. The van der Waals surface area contributed by atoms with Crippen LogP contribution >= 0.6 is 15.9 Å². The SMILES string of the molecule is CCOC(=O)C(Br)Nc1ccc(OC)cc1. The lowest BCUT2D eigenvalue weighted by Crippen LogP contribution is -2.25. The molecule has 4 nitrogen and oxygen atoms in total. The third-order valence-corrected chi connectivity index (χ3v) is 2.48. The molecule has 0 spiro atoms. The number of alkyl halides is 1. The molecule has 88 valence electrons. The number of halogens is 1. The van der Waals surface area contributed by atoms with E-state index in [2.05, 4.69) is 21.2 Å². The maximum absolute atomic E-state index is 11.3. The first-order valence-corrected chi connectivity index (χ1v) is 5.80. The third-order valence-electron chi connectivity index (χ3n) is 1.88. The number of carbonyl (C=O) groups excluding carboxylic acids is 1. The van der Waals surface area contributed by atoms with Crippen molar-refractivity contribution in [2.75, 3.05) is 19.0 Å². The molecule has 1 aromatic rings. The minimum Gasteiger partial charge on any atom is -0.497 e. The zero-order valence-electron chi connectivity index (χ0n) is 9.20. The van der Waals surface area contributed by atoms with Gasteiger partial charge in [0.2, 0.25) is 0 Å². The van der Waals surface area contributed by atoms with Crippen LogP contribution in [0.5, 0.6) is 5.75 Å². The van der Waals surface area contributed by atoms with Gasteiger partial charge in [0, 0.05) is 5.69 Å². The highest BCUT2D eigenvalue weighted by molar-refractivity contribution is 9.10. The summed E-state index contributed by atoms with van der Waals surface area (Å²) in [5.41, 5.74) is 0.815. The van der Waals surface area contributed by atoms with Gasteiger partial charge in [-0.05, 0) is 31.2 Å². The molecule has 0 aliphatic heterocycles. The molecule has 0 amide bonds. The Labute approximate surface area is 103 Å². The highest BCUT2D eigenvalue weighted by atomic mass is 79.9. The molecule has 0 fully saturated rings. The maximum atomic E-state index is 11.3. The molecular formula is C11H14BrNO3. The second kappa shape index (κ2) is 6.37. The molecule has 0 heterocycles. The quantitative estimate of drug-likeness (QED) is 0.513. The number of methoxy groups -OCH3 is 1. The topological polar surface area (TPSA) is 47.6 Å². The second-order valence-corrected chi connectivity index (χ2v) is 3.90. The number of hydrogen-bond acceptors (Lipinski definition) is 4. The van der Waals surface area contributed by atoms with Gasteiger partial charge < -0.3 is 14.8 Å². The van der Waals surface area contributed by atoms with Gasteiger partial charge in [0.05, 0.1) is 13.7 Å². The second-order valence-electron chi connectivity index (χ2n) is 2.99. The van der Waals surface area contributed by atoms with Gasteiger partial charge in [-0.3, -0.25) is 0 Å². The predicted molar refractivity (Wildman–Crippen MR) is 66.0 cm³/mol. The van der Waals surface area contributed by atoms with Crippen LogP contribution in [0.1, 0.15) is 6.92 Å². The van der Waals surface area contributed by atoms with Gasteiger partial charge in [0.15, 0.2) is 4.95 Å². The third kappa shape index (κ3) is 3.73. The van der Waals surface area contributed by atoms with Crippen molar-refractivity contribution >= 4 is 27.6 Å². The van der Waals surface area contributed by atoms with Crippen LogP contribution in [-0.4, -0.2) is 24.6 Å². The van der Waals surface area contributed by atoms with E-state index in [0.29, 0.717) is 6.61 Å². The molecule has 1 rings (SSSR count). The lowest BCUT2D eigenvalue weighted by molar-refractivity contribution is -0.141. The lowest BCUT2D eigenvalue weighted by atomic mass is 10.3. The van der Waals surface area contributed by atoms with Crippen LogP contribution in [0.15, 0.2) is 24.3 Å². The van der Waals surface area contributed by atoms with Gasteiger partial charge in [-0.25, -0.2) is 4.79 Å². The molecule has 0 bridgehead atoms. The van der Waals surface area contributed by atoms with Crippen LogP contribution in [0.4, 0.5) is 5.69 Å². The summed E-state index contributed by atoms with van der Waals surface area (Å²) in [6.45, 7) is 2.14. The van der Waals surface area contributed by atoms with Crippen LogP contribution in [-0.2, 0) is 9.53 Å². The van der Waals surface area contributed by atoms with Crippen molar-refractivity contribution in [1.82, 2.24) is 0 Å². The predicted octanol–water partition coefficient (Wildman–Crippen LogP) is 2.39. The van der Waals surface area contributed by atoms with Crippen LogP contribution in [0.2, 0.25) is 0 Å². The molecule has 0 saturated carbocycles. The average Bonchev–Trinajstić information content (AvgIpc) is 2.30. The molecule has 0 radical (unpaired) electrons. The summed E-state index contributed by atoms with van der Waals surface area (Å²) in [5, 5.41) is 2.96. The van der Waals surface area contributed by atoms with Crippen LogP contribution in [0, 0.1) is 0 Å². The number of anilines is 1. The van der Waals surface area contributed by atoms with E-state index in [1.807, 2.05) is 24.3 Å². The van der Waals surface area contributed by atoms with Gasteiger partial charge in [-0.1, -0.05) is 15.9 Å². The van der Waals surface area contributed by atoms with Gasteiger partial charge in [0.25, 0.3) is 0 Å². The summed E-state index contributed by atoms with van der Waals surface area (Å²) in [4.78, 5) is 10.8. The lowest BCUT2D eigenvalue weighted by Gasteiger charge is -2.12. The number of nitrogens with one attached hydrogen (secondary N) is 1. The minimum absolute atomic E-state index is 0.335. The van der Waals surface area contributed by atoms with Crippen molar-refractivity contribution in [3.63, 3.8) is 0 Å². The van der Waals surface area contributed by atoms with E-state index in [1.165, 1.54) is 0 Å².